The highest BCUT2D eigenvalue weighted by Crippen LogP contribution is 2.24. The number of imidazole rings is 1. The fourth-order valence-electron chi connectivity index (χ4n) is 3.19. The molecule has 3 aromatic heterocycles. The van der Waals surface area contributed by atoms with E-state index in [1.54, 1.807) is 18.4 Å². The van der Waals surface area contributed by atoms with E-state index in [0.717, 1.165) is 33.2 Å². The Labute approximate surface area is 178 Å². The van der Waals surface area contributed by atoms with Crippen molar-refractivity contribution in [3.05, 3.63) is 69.5 Å². The SMILES string of the molecule is COCCN(CCc1csc2nc(-c3ccc(C)cc3)cn12)C(=O)c1cccs1. The molecule has 3 heterocycles. The molecule has 0 saturated heterocycles. The highest BCUT2D eigenvalue weighted by Gasteiger charge is 2.18. The molecule has 0 aliphatic carbocycles. The molecule has 4 aromatic rings. The first kappa shape index (κ1) is 19.8. The number of carbonyl (C=O) groups is 1. The second-order valence-corrected chi connectivity index (χ2v) is 8.67. The number of rotatable bonds is 8. The highest BCUT2D eigenvalue weighted by atomic mass is 32.1. The Morgan fingerprint density at radius 1 is 1.17 bits per heavy atom. The van der Waals surface area contributed by atoms with Crippen molar-refractivity contribution in [1.29, 1.82) is 0 Å². The van der Waals surface area contributed by atoms with Crippen molar-refractivity contribution in [2.75, 3.05) is 26.8 Å². The van der Waals surface area contributed by atoms with E-state index < -0.39 is 0 Å². The van der Waals surface area contributed by atoms with E-state index in [9.17, 15) is 4.79 Å². The topological polar surface area (TPSA) is 46.8 Å². The van der Waals surface area contributed by atoms with Crippen LogP contribution in [0.2, 0.25) is 0 Å². The van der Waals surface area contributed by atoms with Crippen LogP contribution in [0.25, 0.3) is 16.2 Å². The Balaban J connectivity index is 1.51. The molecular formula is C22H23N3O2S2. The Morgan fingerprint density at radius 2 is 2.00 bits per heavy atom. The summed E-state index contributed by atoms with van der Waals surface area (Å²) < 4.78 is 7.35. The predicted molar refractivity (Wildman–Crippen MR) is 119 cm³/mol. The summed E-state index contributed by atoms with van der Waals surface area (Å²) >= 11 is 3.11. The van der Waals surface area contributed by atoms with E-state index in [2.05, 4.69) is 47.2 Å². The molecule has 5 nitrogen and oxygen atoms in total. The van der Waals surface area contributed by atoms with Gasteiger partial charge in [0.15, 0.2) is 4.96 Å². The van der Waals surface area contributed by atoms with E-state index in [1.807, 2.05) is 22.4 Å². The second-order valence-electron chi connectivity index (χ2n) is 6.88. The molecule has 150 valence electrons. The summed E-state index contributed by atoms with van der Waals surface area (Å²) in [5, 5.41) is 4.06. The number of fused-ring (bicyclic) bond motifs is 1. The van der Waals surface area contributed by atoms with Gasteiger partial charge in [-0.1, -0.05) is 35.9 Å². The Kier molecular flexibility index (Phi) is 6.08. The van der Waals surface area contributed by atoms with E-state index >= 15 is 0 Å². The van der Waals surface area contributed by atoms with E-state index in [1.165, 1.54) is 16.9 Å². The fraction of sp³-hybridized carbons (Fsp3) is 0.273. The van der Waals surface area contributed by atoms with Crippen LogP contribution in [0.4, 0.5) is 0 Å². The van der Waals surface area contributed by atoms with Gasteiger partial charge in [-0.3, -0.25) is 9.20 Å². The predicted octanol–water partition coefficient (Wildman–Crippen LogP) is 4.76. The zero-order valence-corrected chi connectivity index (χ0v) is 18.1. The van der Waals surface area contributed by atoms with Gasteiger partial charge in [0.05, 0.1) is 17.2 Å². The zero-order valence-electron chi connectivity index (χ0n) is 16.5. The van der Waals surface area contributed by atoms with Crippen LogP contribution in [0.15, 0.2) is 53.4 Å². The van der Waals surface area contributed by atoms with Crippen LogP contribution in [-0.4, -0.2) is 47.0 Å². The fourth-order valence-corrected chi connectivity index (χ4v) is 4.79. The lowest BCUT2D eigenvalue weighted by Crippen LogP contribution is -2.35. The van der Waals surface area contributed by atoms with E-state index in [0.29, 0.717) is 19.7 Å². The highest BCUT2D eigenvalue weighted by molar-refractivity contribution is 7.15. The summed E-state index contributed by atoms with van der Waals surface area (Å²) in [6.45, 7) is 3.84. The molecule has 4 rings (SSSR count). The lowest BCUT2D eigenvalue weighted by Gasteiger charge is -2.21. The molecule has 0 fully saturated rings. The number of ether oxygens (including phenoxy) is 1. The van der Waals surface area contributed by atoms with Crippen LogP contribution >= 0.6 is 22.7 Å². The van der Waals surface area contributed by atoms with Gasteiger partial charge in [-0.15, -0.1) is 22.7 Å². The van der Waals surface area contributed by atoms with Crippen molar-refractivity contribution in [3.63, 3.8) is 0 Å². The number of nitrogens with zero attached hydrogens (tertiary/aromatic N) is 3. The number of hydrogen-bond donors (Lipinski definition) is 0. The smallest absolute Gasteiger partial charge is 0.264 e. The lowest BCUT2D eigenvalue weighted by atomic mass is 10.1. The average molecular weight is 426 g/mol. The van der Waals surface area contributed by atoms with Crippen LogP contribution in [0.1, 0.15) is 20.9 Å². The summed E-state index contributed by atoms with van der Waals surface area (Å²) in [6.07, 6.45) is 2.86. The minimum Gasteiger partial charge on any atom is -0.383 e. The molecule has 0 spiro atoms. The molecule has 0 aliphatic rings. The molecule has 29 heavy (non-hydrogen) atoms. The molecule has 0 N–H and O–H groups in total. The Morgan fingerprint density at radius 3 is 2.72 bits per heavy atom. The van der Waals surface area contributed by atoms with Crippen molar-refractivity contribution in [3.8, 4) is 11.3 Å². The van der Waals surface area contributed by atoms with Gasteiger partial charge in [0.25, 0.3) is 5.91 Å². The molecule has 1 amide bonds. The summed E-state index contributed by atoms with van der Waals surface area (Å²) in [7, 11) is 1.66. The van der Waals surface area contributed by atoms with Crippen LogP contribution in [-0.2, 0) is 11.2 Å². The van der Waals surface area contributed by atoms with Gasteiger partial charge in [-0.25, -0.2) is 4.98 Å². The van der Waals surface area contributed by atoms with Gasteiger partial charge in [0, 0.05) is 49.5 Å². The maximum absolute atomic E-state index is 12.8. The van der Waals surface area contributed by atoms with Crippen LogP contribution in [0.5, 0.6) is 0 Å². The van der Waals surface area contributed by atoms with Gasteiger partial charge in [-0.05, 0) is 18.4 Å². The van der Waals surface area contributed by atoms with Crippen molar-refractivity contribution < 1.29 is 9.53 Å². The summed E-state index contributed by atoms with van der Waals surface area (Å²) in [6, 6.07) is 12.2. The van der Waals surface area contributed by atoms with E-state index in [4.69, 9.17) is 9.72 Å². The van der Waals surface area contributed by atoms with Crippen molar-refractivity contribution >= 4 is 33.5 Å². The van der Waals surface area contributed by atoms with Crippen molar-refractivity contribution in [2.45, 2.75) is 13.3 Å². The maximum atomic E-state index is 12.8. The van der Waals surface area contributed by atoms with Crippen LogP contribution in [0, 0.1) is 6.92 Å². The largest absolute Gasteiger partial charge is 0.383 e. The maximum Gasteiger partial charge on any atom is 0.264 e. The van der Waals surface area contributed by atoms with Crippen LogP contribution < -0.4 is 0 Å². The summed E-state index contributed by atoms with van der Waals surface area (Å²) in [4.78, 5) is 21.2. The number of aryl methyl sites for hydroxylation is 1. The first-order chi connectivity index (χ1) is 14.2. The molecule has 0 saturated carbocycles. The third kappa shape index (κ3) is 4.42. The number of thiophene rings is 1. The average Bonchev–Trinajstić information content (AvgIpc) is 3.46. The Bertz CT molecular complexity index is 1080. The zero-order chi connectivity index (χ0) is 20.2. The molecule has 0 unspecified atom stereocenters. The number of aromatic nitrogens is 2. The minimum atomic E-state index is 0.0644. The molecule has 0 bridgehead atoms. The number of methoxy groups -OCH3 is 1. The number of benzene rings is 1. The number of thiazole rings is 1. The molecular weight excluding hydrogens is 402 g/mol. The third-order valence-corrected chi connectivity index (χ3v) is 6.60. The molecule has 1 aromatic carbocycles. The summed E-state index contributed by atoms with van der Waals surface area (Å²) in [5.74, 6) is 0.0644. The summed E-state index contributed by atoms with van der Waals surface area (Å²) in [5.41, 5.74) is 4.50. The third-order valence-electron chi connectivity index (χ3n) is 4.85. The molecule has 0 aliphatic heterocycles. The van der Waals surface area contributed by atoms with Gasteiger partial charge in [0.1, 0.15) is 0 Å². The number of carbonyl (C=O) groups excluding carboxylic acids is 1. The molecule has 7 heteroatoms. The first-order valence-electron chi connectivity index (χ1n) is 9.50. The normalized spacial score (nSPS) is 11.2. The number of hydrogen-bond acceptors (Lipinski definition) is 5. The van der Waals surface area contributed by atoms with E-state index in [-0.39, 0.29) is 5.91 Å². The lowest BCUT2D eigenvalue weighted by molar-refractivity contribution is 0.0702. The number of amides is 1. The van der Waals surface area contributed by atoms with Gasteiger partial charge in [-0.2, -0.15) is 0 Å². The molecule has 0 radical (unpaired) electrons. The van der Waals surface area contributed by atoms with Crippen LogP contribution in [0.3, 0.4) is 0 Å². The van der Waals surface area contributed by atoms with Gasteiger partial charge in [0.2, 0.25) is 0 Å². The van der Waals surface area contributed by atoms with Gasteiger partial charge >= 0.3 is 0 Å². The first-order valence-corrected chi connectivity index (χ1v) is 11.3. The second kappa shape index (κ2) is 8.90. The van der Waals surface area contributed by atoms with Gasteiger partial charge < -0.3 is 9.64 Å². The quantitative estimate of drug-likeness (QED) is 0.409. The monoisotopic (exact) mass is 425 g/mol. The Hall–Kier alpha value is -2.48. The van der Waals surface area contributed by atoms with Crippen molar-refractivity contribution in [1.82, 2.24) is 14.3 Å². The molecule has 0 atom stereocenters. The van der Waals surface area contributed by atoms with Crippen molar-refractivity contribution in [2.24, 2.45) is 0 Å². The minimum absolute atomic E-state index is 0.0644. The standard InChI is InChI=1S/C22H23N3O2S2/c1-16-5-7-17(8-6-16)19-14-25-18(15-29-22(25)23-19)9-10-24(11-12-27-2)21(26)20-4-3-13-28-20/h3-8,13-15H,9-12H2,1-2H3.